The fourth-order valence-electron chi connectivity index (χ4n) is 2.92. The molecule has 0 bridgehead atoms. The van der Waals surface area contributed by atoms with E-state index >= 15 is 0 Å². The van der Waals surface area contributed by atoms with Gasteiger partial charge in [-0.05, 0) is 44.9 Å². The molecule has 6 heteroatoms. The van der Waals surface area contributed by atoms with Crippen LogP contribution in [-0.2, 0) is 4.79 Å². The summed E-state index contributed by atoms with van der Waals surface area (Å²) in [6.45, 7) is 5.71. The molecule has 3 rings (SSSR count). The van der Waals surface area contributed by atoms with Crippen molar-refractivity contribution in [2.24, 2.45) is 5.92 Å². The largest absolute Gasteiger partial charge is 0.497 e. The van der Waals surface area contributed by atoms with E-state index in [9.17, 15) is 4.79 Å². The number of methoxy groups -OCH3 is 1. The average Bonchev–Trinajstić information content (AvgIpc) is 2.97. The third-order valence-corrected chi connectivity index (χ3v) is 5.16. The first-order valence-corrected chi connectivity index (χ1v) is 8.88. The molecule has 1 saturated heterocycles. The summed E-state index contributed by atoms with van der Waals surface area (Å²) in [6.07, 6.45) is 1.98. The van der Waals surface area contributed by atoms with Crippen LogP contribution in [0.4, 0.5) is 5.13 Å². The van der Waals surface area contributed by atoms with Gasteiger partial charge in [0, 0.05) is 19.1 Å². The monoisotopic (exact) mass is 333 g/mol. The third-order valence-electron chi connectivity index (χ3n) is 4.08. The Balaban J connectivity index is 1.77. The van der Waals surface area contributed by atoms with E-state index in [1.165, 1.54) is 0 Å². The predicted octanol–water partition coefficient (Wildman–Crippen LogP) is 3.05. The molecule has 1 N–H and O–H groups in total. The fraction of sp³-hybridized carbons (Fsp3) is 0.529. The summed E-state index contributed by atoms with van der Waals surface area (Å²) in [5, 5.41) is 4.02. The Morgan fingerprint density at radius 3 is 3.04 bits per heavy atom. The molecule has 1 amide bonds. The van der Waals surface area contributed by atoms with Gasteiger partial charge in [-0.15, -0.1) is 0 Å². The molecular weight excluding hydrogens is 310 g/mol. The molecule has 2 heterocycles. The molecule has 0 aliphatic carbocycles. The number of amides is 1. The van der Waals surface area contributed by atoms with E-state index in [0.29, 0.717) is 0 Å². The highest BCUT2D eigenvalue weighted by molar-refractivity contribution is 7.22. The van der Waals surface area contributed by atoms with Crippen LogP contribution in [0.15, 0.2) is 18.2 Å². The van der Waals surface area contributed by atoms with Crippen LogP contribution in [0.25, 0.3) is 10.2 Å². The standard InChI is InChI=1S/C17H23N3O2S/c1-11(2)18-16(21)12-5-4-8-20(10-12)17-19-14-7-6-13(22-3)9-15(14)23-17/h6-7,9,11-12H,4-5,8,10H2,1-3H3,(H,18,21). The predicted molar refractivity (Wildman–Crippen MR) is 94.4 cm³/mol. The number of carbonyl (C=O) groups excluding carboxylic acids is 1. The fourth-order valence-corrected chi connectivity index (χ4v) is 3.95. The van der Waals surface area contributed by atoms with Gasteiger partial charge in [-0.2, -0.15) is 0 Å². The maximum Gasteiger partial charge on any atom is 0.225 e. The van der Waals surface area contributed by atoms with E-state index in [1.807, 2.05) is 32.0 Å². The van der Waals surface area contributed by atoms with E-state index in [1.54, 1.807) is 18.4 Å². The van der Waals surface area contributed by atoms with Gasteiger partial charge in [0.2, 0.25) is 5.91 Å². The smallest absolute Gasteiger partial charge is 0.225 e. The minimum Gasteiger partial charge on any atom is -0.497 e. The molecule has 124 valence electrons. The van der Waals surface area contributed by atoms with Crippen LogP contribution in [0.2, 0.25) is 0 Å². The average molecular weight is 333 g/mol. The number of nitrogens with zero attached hydrogens (tertiary/aromatic N) is 2. The number of carbonyl (C=O) groups is 1. The van der Waals surface area contributed by atoms with Crippen LogP contribution in [0.1, 0.15) is 26.7 Å². The molecule has 0 spiro atoms. The van der Waals surface area contributed by atoms with E-state index in [4.69, 9.17) is 9.72 Å². The first kappa shape index (κ1) is 16.1. The van der Waals surface area contributed by atoms with Crippen molar-refractivity contribution < 1.29 is 9.53 Å². The third kappa shape index (κ3) is 3.58. The first-order chi connectivity index (χ1) is 11.1. The maximum atomic E-state index is 12.3. The minimum atomic E-state index is 0.0488. The Morgan fingerprint density at radius 2 is 2.30 bits per heavy atom. The lowest BCUT2D eigenvalue weighted by atomic mass is 9.97. The Morgan fingerprint density at radius 1 is 1.48 bits per heavy atom. The van der Waals surface area contributed by atoms with E-state index in [-0.39, 0.29) is 17.9 Å². The lowest BCUT2D eigenvalue weighted by molar-refractivity contribution is -0.125. The van der Waals surface area contributed by atoms with Crippen LogP contribution in [0, 0.1) is 5.92 Å². The van der Waals surface area contributed by atoms with Crippen molar-refractivity contribution in [3.63, 3.8) is 0 Å². The maximum absolute atomic E-state index is 12.3. The van der Waals surface area contributed by atoms with Gasteiger partial charge in [-0.1, -0.05) is 11.3 Å². The summed E-state index contributed by atoms with van der Waals surface area (Å²) in [7, 11) is 1.67. The molecule has 1 aliphatic rings. The number of ether oxygens (including phenoxy) is 1. The van der Waals surface area contributed by atoms with Gasteiger partial charge in [0.25, 0.3) is 0 Å². The van der Waals surface area contributed by atoms with Crippen LogP contribution in [-0.4, -0.2) is 37.1 Å². The molecule has 23 heavy (non-hydrogen) atoms. The quantitative estimate of drug-likeness (QED) is 0.934. The number of hydrogen-bond acceptors (Lipinski definition) is 5. The van der Waals surface area contributed by atoms with E-state index in [0.717, 1.165) is 47.0 Å². The van der Waals surface area contributed by atoms with Gasteiger partial charge in [0.05, 0.1) is 23.2 Å². The molecule has 5 nitrogen and oxygen atoms in total. The first-order valence-electron chi connectivity index (χ1n) is 8.06. The molecule has 2 aromatic rings. The number of piperidine rings is 1. The van der Waals surface area contributed by atoms with E-state index in [2.05, 4.69) is 10.2 Å². The molecule has 1 aromatic carbocycles. The summed E-state index contributed by atoms with van der Waals surface area (Å²) in [6, 6.07) is 6.12. The molecule has 1 aromatic heterocycles. The highest BCUT2D eigenvalue weighted by Gasteiger charge is 2.27. The van der Waals surface area contributed by atoms with Crippen LogP contribution in [0.5, 0.6) is 5.75 Å². The lowest BCUT2D eigenvalue weighted by Gasteiger charge is -2.32. The minimum absolute atomic E-state index is 0.0488. The number of hydrogen-bond donors (Lipinski definition) is 1. The Labute approximate surface area is 140 Å². The van der Waals surface area contributed by atoms with Crippen LogP contribution >= 0.6 is 11.3 Å². The van der Waals surface area contributed by atoms with Crippen LogP contribution in [0.3, 0.4) is 0 Å². The molecular formula is C17H23N3O2S. The van der Waals surface area contributed by atoms with Crippen molar-refractivity contribution in [3.8, 4) is 5.75 Å². The number of thiazole rings is 1. The Kier molecular flexibility index (Phi) is 4.71. The Hall–Kier alpha value is -1.82. The molecule has 0 radical (unpaired) electrons. The number of rotatable bonds is 4. The van der Waals surface area contributed by atoms with Gasteiger partial charge in [0.1, 0.15) is 5.75 Å². The highest BCUT2D eigenvalue weighted by Crippen LogP contribution is 2.33. The second kappa shape index (κ2) is 6.74. The van der Waals surface area contributed by atoms with E-state index < -0.39 is 0 Å². The van der Waals surface area contributed by atoms with Crippen molar-refractivity contribution in [3.05, 3.63) is 18.2 Å². The number of benzene rings is 1. The van der Waals surface area contributed by atoms with Crippen molar-refractivity contribution in [2.75, 3.05) is 25.1 Å². The lowest BCUT2D eigenvalue weighted by Crippen LogP contribution is -2.44. The summed E-state index contributed by atoms with van der Waals surface area (Å²) in [4.78, 5) is 19.2. The van der Waals surface area contributed by atoms with Crippen molar-refractivity contribution in [1.29, 1.82) is 0 Å². The number of aromatic nitrogens is 1. The summed E-state index contributed by atoms with van der Waals surface area (Å²) in [5.41, 5.74) is 0.986. The molecule has 1 fully saturated rings. The van der Waals surface area contributed by atoms with Gasteiger partial charge in [-0.3, -0.25) is 4.79 Å². The molecule has 1 atom stereocenters. The number of fused-ring (bicyclic) bond motifs is 1. The van der Waals surface area contributed by atoms with Crippen molar-refractivity contribution >= 4 is 32.6 Å². The zero-order chi connectivity index (χ0) is 16.4. The Bertz CT molecular complexity index is 698. The number of anilines is 1. The number of nitrogens with one attached hydrogen (secondary N) is 1. The normalized spacial score (nSPS) is 18.4. The zero-order valence-electron chi connectivity index (χ0n) is 13.8. The zero-order valence-corrected chi connectivity index (χ0v) is 14.7. The molecule has 1 aliphatic heterocycles. The highest BCUT2D eigenvalue weighted by atomic mass is 32.1. The molecule has 1 unspecified atom stereocenters. The topological polar surface area (TPSA) is 54.5 Å². The summed E-state index contributed by atoms with van der Waals surface area (Å²) < 4.78 is 6.39. The van der Waals surface area contributed by atoms with Gasteiger partial charge >= 0.3 is 0 Å². The molecule has 0 saturated carbocycles. The van der Waals surface area contributed by atoms with Crippen molar-refractivity contribution in [2.45, 2.75) is 32.7 Å². The SMILES string of the molecule is COc1ccc2nc(N3CCCC(C(=O)NC(C)C)C3)sc2c1. The van der Waals surface area contributed by atoms with Crippen LogP contribution < -0.4 is 15.0 Å². The second-order valence-corrected chi connectivity index (χ2v) is 7.29. The van der Waals surface area contributed by atoms with Gasteiger partial charge in [0.15, 0.2) is 5.13 Å². The van der Waals surface area contributed by atoms with Crippen molar-refractivity contribution in [1.82, 2.24) is 10.3 Å². The summed E-state index contributed by atoms with van der Waals surface area (Å²) in [5.74, 6) is 1.06. The second-order valence-electron chi connectivity index (χ2n) is 6.28. The van der Waals surface area contributed by atoms with Gasteiger partial charge < -0.3 is 15.0 Å². The summed E-state index contributed by atoms with van der Waals surface area (Å²) >= 11 is 1.66. The van der Waals surface area contributed by atoms with Gasteiger partial charge in [-0.25, -0.2) is 4.98 Å².